The predicted octanol–water partition coefficient (Wildman–Crippen LogP) is -6.25. The normalized spacial score (nSPS) is 8.88. The summed E-state index contributed by atoms with van der Waals surface area (Å²) in [5.74, 6) is 0. The van der Waals surface area contributed by atoms with Crippen LogP contribution < -0.4 is 27.9 Å². The molecule has 0 aromatic heterocycles. The van der Waals surface area contributed by atoms with Crippen LogP contribution in [0.3, 0.4) is 0 Å². The Kier molecular flexibility index (Phi) is 11.0. The van der Waals surface area contributed by atoms with E-state index in [-0.39, 0.29) is 0 Å². The van der Waals surface area contributed by atoms with Gasteiger partial charge >= 0.3 is 21.1 Å². The van der Waals surface area contributed by atoms with Crippen molar-refractivity contribution < 1.29 is 44.7 Å². The van der Waals surface area contributed by atoms with Gasteiger partial charge in [-0.3, -0.25) is 9.11 Å². The van der Waals surface area contributed by atoms with E-state index >= 15 is 0 Å². The maximum Gasteiger partial charge on any atom is 0.503 e. The van der Waals surface area contributed by atoms with Gasteiger partial charge in [0.15, 0.2) is 0 Å². The average molecular weight is 258 g/mol. The molecular formula is H3IO6S. The van der Waals surface area contributed by atoms with Gasteiger partial charge < -0.3 is 6.87 Å². The van der Waals surface area contributed by atoms with Crippen LogP contribution >= 0.6 is 0 Å². The Hall–Kier alpha value is 0.680. The molecule has 0 amide bonds. The lowest BCUT2D eigenvalue weighted by Crippen LogP contribution is -3.98. The van der Waals surface area contributed by atoms with E-state index in [4.69, 9.17) is 23.6 Å². The fourth-order valence-electron chi connectivity index (χ4n) is 0. The third-order valence-corrected chi connectivity index (χ3v) is 0. The molecule has 0 aliphatic carbocycles. The Morgan fingerprint density at radius 3 is 1.38 bits per heavy atom. The predicted molar refractivity (Wildman–Crippen MR) is 15.6 cm³/mol. The van der Waals surface area contributed by atoms with E-state index in [2.05, 4.69) is 0 Å². The zero-order chi connectivity index (χ0) is 7.15. The molecule has 0 aliphatic rings. The van der Waals surface area contributed by atoms with Crippen molar-refractivity contribution in [3.8, 4) is 0 Å². The van der Waals surface area contributed by atoms with Crippen LogP contribution in [0.4, 0.5) is 0 Å². The Balaban J connectivity index is 0. The summed E-state index contributed by atoms with van der Waals surface area (Å²) in [6.07, 6.45) is 0. The Labute approximate surface area is 56.3 Å². The molecule has 0 bridgehead atoms. The van der Waals surface area contributed by atoms with Gasteiger partial charge in [-0.25, -0.2) is 0 Å². The van der Waals surface area contributed by atoms with Gasteiger partial charge in [-0.05, 0) is 3.44 Å². The van der Waals surface area contributed by atoms with Crippen molar-refractivity contribution >= 4 is 11.4 Å². The second kappa shape index (κ2) is 7.68. The summed E-state index contributed by atoms with van der Waals surface area (Å²) in [5, 5.41) is 0. The summed E-state index contributed by atoms with van der Waals surface area (Å²) in [6, 6.07) is 0. The molecule has 3 N–H and O–H groups in total. The van der Waals surface area contributed by atoms with Crippen molar-refractivity contribution in [2.75, 3.05) is 0 Å². The van der Waals surface area contributed by atoms with Gasteiger partial charge in [-0.15, -0.1) is 0 Å². The highest BCUT2D eigenvalue weighted by Gasteiger charge is 1.89. The molecule has 8 heteroatoms. The summed E-state index contributed by atoms with van der Waals surface area (Å²) >= 11 is -6.37. The molecule has 8 heavy (non-hydrogen) atoms. The summed E-state index contributed by atoms with van der Waals surface area (Å²) in [7, 11) is 0. The third-order valence-electron chi connectivity index (χ3n) is 0. The first-order chi connectivity index (χ1) is 3.46. The molecule has 0 aromatic carbocycles. The average Bonchev–Trinajstić information content (AvgIpc) is 1.25. The van der Waals surface area contributed by atoms with Crippen molar-refractivity contribution in [1.29, 1.82) is 0 Å². The maximum absolute atomic E-state index is 8.68. The smallest absolute Gasteiger partial charge is 0.396 e. The summed E-state index contributed by atoms with van der Waals surface area (Å²) in [5.41, 5.74) is 0. The van der Waals surface area contributed by atoms with Gasteiger partial charge in [-0.2, -0.15) is 4.21 Å². The highest BCUT2D eigenvalue weighted by atomic mass is 127. The van der Waals surface area contributed by atoms with E-state index in [1.807, 2.05) is 0 Å². The Bertz CT molecular complexity index is 52.8. The Morgan fingerprint density at radius 2 is 1.38 bits per heavy atom. The zero-order valence-corrected chi connectivity index (χ0v) is 6.33. The van der Waals surface area contributed by atoms with Gasteiger partial charge in [0.05, 0.1) is 0 Å². The lowest BCUT2D eigenvalue weighted by atomic mass is 15.8. The van der Waals surface area contributed by atoms with E-state index in [9.17, 15) is 0 Å². The minimum Gasteiger partial charge on any atom is -0.396 e. The summed E-state index contributed by atoms with van der Waals surface area (Å²) < 4.78 is 47.3. The largest absolute Gasteiger partial charge is 0.503 e. The van der Waals surface area contributed by atoms with Gasteiger partial charge in [0.25, 0.3) is 11.4 Å². The topological polar surface area (TPSA) is 124 Å². The molecule has 0 fully saturated rings. The van der Waals surface area contributed by atoms with Crippen LogP contribution in [-0.4, -0.2) is 16.8 Å². The second-order valence-electron chi connectivity index (χ2n) is 0.432. The maximum atomic E-state index is 8.68. The van der Waals surface area contributed by atoms with Crippen LogP contribution in [0.2, 0.25) is 0 Å². The van der Waals surface area contributed by atoms with Gasteiger partial charge in [0.2, 0.25) is 0 Å². The number of hydrogen-bond donors (Lipinski definition) is 3. The molecule has 6 nitrogen and oxygen atoms in total. The number of rotatable bonds is 0. The monoisotopic (exact) mass is 258 g/mol. The van der Waals surface area contributed by atoms with Crippen LogP contribution in [0, 0.1) is 0 Å². The fraction of sp³-hybridized carbons (Fsp3) is 0. The van der Waals surface area contributed by atoms with E-state index in [1.54, 1.807) is 0 Å². The zero-order valence-electron chi connectivity index (χ0n) is 3.35. The lowest BCUT2D eigenvalue weighted by molar-refractivity contribution is -1.63. The van der Waals surface area contributed by atoms with Gasteiger partial charge in [-0.1, -0.05) is 0 Å². The summed E-state index contributed by atoms with van der Waals surface area (Å²) in [6.45, 7) is 0. The first kappa shape index (κ1) is 11.5. The number of hydrogen-bond acceptors (Lipinski definition) is 4. The van der Waals surface area contributed by atoms with Crippen molar-refractivity contribution in [1.82, 2.24) is 0 Å². The molecule has 0 rings (SSSR count). The van der Waals surface area contributed by atoms with Crippen LogP contribution in [0.5, 0.6) is 0 Å². The van der Waals surface area contributed by atoms with Crippen molar-refractivity contribution in [3.63, 3.8) is 0 Å². The van der Waals surface area contributed by atoms with Gasteiger partial charge in [0, 0.05) is 0 Å². The first-order valence-corrected chi connectivity index (χ1v) is 4.80. The fourth-order valence-corrected chi connectivity index (χ4v) is 0. The summed E-state index contributed by atoms with van der Waals surface area (Å²) in [4.78, 5) is 0. The molecule has 0 heterocycles. The second-order valence-corrected chi connectivity index (χ2v) is 2.04. The quantitative estimate of drug-likeness (QED) is 0.293. The van der Waals surface area contributed by atoms with Crippen molar-refractivity contribution in [2.24, 2.45) is 0 Å². The van der Waals surface area contributed by atoms with Crippen LogP contribution in [0.25, 0.3) is 0 Å². The SMILES string of the molecule is O=S(O)O.[O-][I+2]([O-])O. The molecule has 0 spiro atoms. The first-order valence-electron chi connectivity index (χ1n) is 1.01. The lowest BCUT2D eigenvalue weighted by Gasteiger charge is -1.67. The van der Waals surface area contributed by atoms with Crippen molar-refractivity contribution in [2.45, 2.75) is 0 Å². The van der Waals surface area contributed by atoms with E-state index in [0.29, 0.717) is 0 Å². The van der Waals surface area contributed by atoms with E-state index in [1.165, 1.54) is 0 Å². The van der Waals surface area contributed by atoms with Crippen LogP contribution in [-0.2, 0) is 11.4 Å². The molecule has 0 radical (unpaired) electrons. The third kappa shape index (κ3) is 466. The molecule has 52 valence electrons. The molecule has 0 atom stereocenters. The van der Waals surface area contributed by atoms with E-state index in [0.717, 1.165) is 0 Å². The van der Waals surface area contributed by atoms with E-state index < -0.39 is 32.4 Å². The minimum atomic E-state index is -3.76. The standard InChI is InChI=1S/HIO3.H2O3S/c2-1(3)4;1-4(2)3/h2H;(H2,1,2,3). The molecule has 0 saturated heterocycles. The number of halogens is 1. The van der Waals surface area contributed by atoms with Crippen LogP contribution in [0.1, 0.15) is 0 Å². The molecular weight excluding hydrogens is 255 g/mol. The highest BCUT2D eigenvalue weighted by Crippen LogP contribution is 1.44. The van der Waals surface area contributed by atoms with Gasteiger partial charge in [0.1, 0.15) is 0 Å². The molecule has 0 aromatic rings. The minimum absolute atomic E-state index is 2.61. The Morgan fingerprint density at radius 1 is 1.38 bits per heavy atom. The molecule has 0 unspecified atom stereocenters. The van der Waals surface area contributed by atoms with Crippen LogP contribution in [0.15, 0.2) is 0 Å². The van der Waals surface area contributed by atoms with Crippen molar-refractivity contribution in [3.05, 3.63) is 0 Å². The highest BCUT2D eigenvalue weighted by molar-refractivity contribution is 7.73. The molecule has 0 aliphatic heterocycles. The molecule has 0 saturated carbocycles.